The molecule has 1 unspecified atom stereocenters. The van der Waals surface area contributed by atoms with Crippen LogP contribution >= 0.6 is 11.3 Å². The van der Waals surface area contributed by atoms with Gasteiger partial charge in [-0.2, -0.15) is 11.3 Å². The second-order valence-electron chi connectivity index (χ2n) is 5.27. The number of amidine groups is 1. The van der Waals surface area contributed by atoms with Crippen molar-refractivity contribution in [1.29, 1.82) is 0 Å². The van der Waals surface area contributed by atoms with E-state index in [4.69, 9.17) is 10.9 Å². The van der Waals surface area contributed by atoms with Crippen LogP contribution in [0.15, 0.2) is 22.0 Å². The summed E-state index contributed by atoms with van der Waals surface area (Å²) in [6.45, 7) is 7.18. The molecule has 0 spiro atoms. The number of nitrogens with two attached hydrogens (primary N) is 1. The first kappa shape index (κ1) is 15.3. The third-order valence-corrected chi connectivity index (χ3v) is 4.58. The van der Waals surface area contributed by atoms with Crippen molar-refractivity contribution in [2.24, 2.45) is 10.9 Å². The van der Waals surface area contributed by atoms with E-state index in [1.54, 1.807) is 11.3 Å². The van der Waals surface area contributed by atoms with Gasteiger partial charge in [0.05, 0.1) is 6.04 Å². The zero-order chi connectivity index (χ0) is 14.4. The molecule has 1 aliphatic rings. The average molecular weight is 296 g/mol. The lowest BCUT2D eigenvalue weighted by Gasteiger charge is -2.38. The van der Waals surface area contributed by atoms with Crippen LogP contribution in [0.25, 0.3) is 0 Å². The first-order valence-corrected chi connectivity index (χ1v) is 8.13. The first-order valence-electron chi connectivity index (χ1n) is 7.19. The van der Waals surface area contributed by atoms with Crippen LogP contribution in [0, 0.1) is 0 Å². The fourth-order valence-electron chi connectivity index (χ4n) is 2.73. The lowest BCUT2D eigenvalue weighted by Crippen LogP contribution is -2.53. The van der Waals surface area contributed by atoms with E-state index in [-0.39, 0.29) is 6.04 Å². The summed E-state index contributed by atoms with van der Waals surface area (Å²) in [6, 6.07) is 2.26. The number of piperazine rings is 1. The number of thiophene rings is 1. The van der Waals surface area contributed by atoms with Crippen LogP contribution in [0.3, 0.4) is 0 Å². The number of oxime groups is 1. The summed E-state index contributed by atoms with van der Waals surface area (Å²) >= 11 is 1.75. The first-order chi connectivity index (χ1) is 9.74. The molecule has 0 aromatic carbocycles. The van der Waals surface area contributed by atoms with Crippen LogP contribution in [-0.4, -0.2) is 53.1 Å². The molecule has 1 fully saturated rings. The molecule has 2 heterocycles. The van der Waals surface area contributed by atoms with Gasteiger partial charge in [0.25, 0.3) is 0 Å². The molecule has 0 radical (unpaired) electrons. The number of rotatable bonds is 6. The maximum absolute atomic E-state index is 8.91. The molecule has 1 aromatic heterocycles. The molecule has 0 bridgehead atoms. The van der Waals surface area contributed by atoms with Crippen molar-refractivity contribution in [3.8, 4) is 0 Å². The largest absolute Gasteiger partial charge is 0.409 e. The second kappa shape index (κ2) is 7.61. The molecule has 5 nitrogen and oxygen atoms in total. The molecule has 0 saturated carbocycles. The SMILES string of the molecule is CCCC(C(N)=NO)N1CCN(Cc2ccsc2)CC1. The van der Waals surface area contributed by atoms with Crippen molar-refractivity contribution < 1.29 is 5.21 Å². The predicted octanol–water partition coefficient (Wildman–Crippen LogP) is 1.78. The monoisotopic (exact) mass is 296 g/mol. The van der Waals surface area contributed by atoms with E-state index in [2.05, 4.69) is 38.7 Å². The molecule has 20 heavy (non-hydrogen) atoms. The Kier molecular flexibility index (Phi) is 5.82. The van der Waals surface area contributed by atoms with Gasteiger partial charge in [0.15, 0.2) is 5.84 Å². The van der Waals surface area contributed by atoms with E-state index in [1.165, 1.54) is 5.56 Å². The van der Waals surface area contributed by atoms with Crippen molar-refractivity contribution in [1.82, 2.24) is 9.80 Å². The topological polar surface area (TPSA) is 65.1 Å². The van der Waals surface area contributed by atoms with Crippen molar-refractivity contribution in [2.45, 2.75) is 32.4 Å². The molecule has 1 atom stereocenters. The normalized spacial score (nSPS) is 20.1. The van der Waals surface area contributed by atoms with E-state index >= 15 is 0 Å². The highest BCUT2D eigenvalue weighted by Crippen LogP contribution is 2.15. The molecule has 0 amide bonds. The summed E-state index contributed by atoms with van der Waals surface area (Å²) in [5.74, 6) is 0.345. The molecule has 1 saturated heterocycles. The number of hydrogen-bond acceptors (Lipinski definition) is 5. The Hall–Kier alpha value is -1.11. The van der Waals surface area contributed by atoms with E-state index < -0.39 is 0 Å². The molecule has 0 aliphatic carbocycles. The van der Waals surface area contributed by atoms with Crippen LogP contribution in [0.1, 0.15) is 25.3 Å². The van der Waals surface area contributed by atoms with E-state index in [9.17, 15) is 0 Å². The average Bonchev–Trinajstić information content (AvgIpc) is 2.98. The Morgan fingerprint density at radius 3 is 2.75 bits per heavy atom. The lowest BCUT2D eigenvalue weighted by atomic mass is 10.1. The lowest BCUT2D eigenvalue weighted by molar-refractivity contribution is 0.108. The Balaban J connectivity index is 1.86. The summed E-state index contributed by atoms with van der Waals surface area (Å²) in [5, 5.41) is 16.5. The van der Waals surface area contributed by atoms with Gasteiger partial charge in [-0.15, -0.1) is 0 Å². The fraction of sp³-hybridized carbons (Fsp3) is 0.643. The van der Waals surface area contributed by atoms with Gasteiger partial charge < -0.3 is 10.9 Å². The van der Waals surface area contributed by atoms with Crippen LogP contribution in [0.5, 0.6) is 0 Å². The van der Waals surface area contributed by atoms with Gasteiger partial charge in [0.1, 0.15) is 0 Å². The van der Waals surface area contributed by atoms with Crippen LogP contribution in [0.2, 0.25) is 0 Å². The highest BCUT2D eigenvalue weighted by atomic mass is 32.1. The Morgan fingerprint density at radius 2 is 2.20 bits per heavy atom. The molecular weight excluding hydrogens is 272 g/mol. The Labute approximate surface area is 124 Å². The number of hydrogen-bond donors (Lipinski definition) is 2. The Morgan fingerprint density at radius 1 is 1.45 bits per heavy atom. The minimum atomic E-state index is 0.0771. The molecule has 6 heteroatoms. The third-order valence-electron chi connectivity index (χ3n) is 3.85. The summed E-state index contributed by atoms with van der Waals surface area (Å²) < 4.78 is 0. The predicted molar refractivity (Wildman–Crippen MR) is 83.3 cm³/mol. The van der Waals surface area contributed by atoms with Crippen LogP contribution < -0.4 is 5.73 Å². The van der Waals surface area contributed by atoms with Crippen molar-refractivity contribution >= 4 is 17.2 Å². The summed E-state index contributed by atoms with van der Waals surface area (Å²) in [7, 11) is 0. The molecular formula is C14H24N4OS. The van der Waals surface area contributed by atoms with Crippen LogP contribution in [-0.2, 0) is 6.54 Å². The van der Waals surface area contributed by atoms with Gasteiger partial charge in [0, 0.05) is 32.7 Å². The van der Waals surface area contributed by atoms with Crippen molar-refractivity contribution in [3.05, 3.63) is 22.4 Å². The van der Waals surface area contributed by atoms with Gasteiger partial charge in [0.2, 0.25) is 0 Å². The smallest absolute Gasteiger partial charge is 0.156 e. The second-order valence-corrected chi connectivity index (χ2v) is 6.05. The van der Waals surface area contributed by atoms with E-state index in [0.29, 0.717) is 5.84 Å². The van der Waals surface area contributed by atoms with E-state index in [0.717, 1.165) is 45.6 Å². The minimum Gasteiger partial charge on any atom is -0.409 e. The molecule has 1 aliphatic heterocycles. The fourth-order valence-corrected chi connectivity index (χ4v) is 3.39. The highest BCUT2D eigenvalue weighted by Gasteiger charge is 2.26. The molecule has 3 N–H and O–H groups in total. The number of nitrogens with zero attached hydrogens (tertiary/aromatic N) is 3. The zero-order valence-electron chi connectivity index (χ0n) is 12.0. The highest BCUT2D eigenvalue weighted by molar-refractivity contribution is 7.07. The van der Waals surface area contributed by atoms with Gasteiger partial charge in [-0.05, 0) is 28.8 Å². The molecule has 2 rings (SSSR count). The summed E-state index contributed by atoms with van der Waals surface area (Å²) in [4.78, 5) is 4.80. The summed E-state index contributed by atoms with van der Waals surface area (Å²) in [6.07, 6.45) is 1.98. The Bertz CT molecular complexity index is 413. The van der Waals surface area contributed by atoms with Crippen molar-refractivity contribution in [2.75, 3.05) is 26.2 Å². The van der Waals surface area contributed by atoms with Gasteiger partial charge in [-0.25, -0.2) is 0 Å². The third kappa shape index (κ3) is 3.94. The van der Waals surface area contributed by atoms with Gasteiger partial charge in [-0.3, -0.25) is 9.80 Å². The van der Waals surface area contributed by atoms with E-state index in [1.807, 2.05) is 0 Å². The maximum atomic E-state index is 8.91. The quantitative estimate of drug-likeness (QED) is 0.363. The van der Waals surface area contributed by atoms with Gasteiger partial charge in [-0.1, -0.05) is 18.5 Å². The van der Waals surface area contributed by atoms with Gasteiger partial charge >= 0.3 is 0 Å². The maximum Gasteiger partial charge on any atom is 0.156 e. The standard InChI is InChI=1S/C14H24N4OS/c1-2-3-13(14(15)16-19)18-7-5-17(6-8-18)10-12-4-9-20-11-12/h4,9,11,13,19H,2-3,5-8,10H2,1H3,(H2,15,16). The molecule has 112 valence electrons. The summed E-state index contributed by atoms with van der Waals surface area (Å²) in [5.41, 5.74) is 7.22. The molecule has 1 aromatic rings. The van der Waals surface area contributed by atoms with Crippen LogP contribution in [0.4, 0.5) is 0 Å². The van der Waals surface area contributed by atoms with Crippen molar-refractivity contribution in [3.63, 3.8) is 0 Å². The minimum absolute atomic E-state index is 0.0771. The zero-order valence-corrected chi connectivity index (χ0v) is 12.9.